The molecule has 0 radical (unpaired) electrons. The van der Waals surface area contributed by atoms with Gasteiger partial charge in [-0.2, -0.15) is 0 Å². The first-order valence-electron chi connectivity index (χ1n) is 11.7. The van der Waals surface area contributed by atoms with Crippen molar-refractivity contribution in [2.45, 2.75) is 39.2 Å². The summed E-state index contributed by atoms with van der Waals surface area (Å²) in [5, 5.41) is 16.7. The molecule has 2 heterocycles. The van der Waals surface area contributed by atoms with Crippen LogP contribution in [0, 0.1) is 11.3 Å². The summed E-state index contributed by atoms with van der Waals surface area (Å²) in [4.78, 5) is 16.0. The first kappa shape index (κ1) is 23.0. The number of carboxylic acids is 1. The maximum absolute atomic E-state index is 11.4. The number of carbonyl (C=O) groups is 1. The van der Waals surface area contributed by atoms with Crippen LogP contribution in [0.4, 0.5) is 5.69 Å². The summed E-state index contributed by atoms with van der Waals surface area (Å²) in [7, 11) is 0. The molecular weight excluding hydrogens is 410 g/mol. The highest BCUT2D eigenvalue weighted by atomic mass is 16.4. The third-order valence-electron chi connectivity index (χ3n) is 6.56. The van der Waals surface area contributed by atoms with E-state index in [1.54, 1.807) is 13.8 Å². The molecule has 4 rings (SSSR count). The van der Waals surface area contributed by atoms with E-state index < -0.39 is 11.4 Å². The summed E-state index contributed by atoms with van der Waals surface area (Å²) in [6.45, 7) is 5.32. The molecule has 0 bridgehead atoms. The molecule has 0 saturated heterocycles. The maximum Gasteiger partial charge on any atom is 0.309 e. The fourth-order valence-corrected chi connectivity index (χ4v) is 4.56. The first-order valence-corrected chi connectivity index (χ1v) is 11.7. The highest BCUT2D eigenvalue weighted by molar-refractivity contribution is 5.74. The molecule has 1 aliphatic rings. The van der Waals surface area contributed by atoms with Gasteiger partial charge in [-0.3, -0.25) is 9.78 Å². The van der Waals surface area contributed by atoms with Crippen LogP contribution >= 0.6 is 0 Å². The lowest BCUT2D eigenvalue weighted by Crippen LogP contribution is -2.37. The predicted octanol–water partition coefficient (Wildman–Crippen LogP) is 4.89. The summed E-state index contributed by atoms with van der Waals surface area (Å²) in [6.07, 6.45) is 4.26. The van der Waals surface area contributed by atoms with Crippen molar-refractivity contribution in [3.8, 4) is 0 Å². The van der Waals surface area contributed by atoms with E-state index in [-0.39, 0.29) is 6.04 Å². The molecule has 1 aromatic heterocycles. The number of nitrogens with zero attached hydrogens (tertiary/aromatic N) is 1. The van der Waals surface area contributed by atoms with E-state index in [2.05, 4.69) is 76.3 Å². The fraction of sp³-hybridized carbons (Fsp3) is 0.357. The van der Waals surface area contributed by atoms with Crippen LogP contribution in [0.3, 0.4) is 0 Å². The SMILES string of the molecule is CC(C)(Cc1ccc(CCN[C@H](c2ccccc2)[C@H]2CNc3cccnc3C2)cc1)C(=O)O. The zero-order valence-electron chi connectivity index (χ0n) is 19.4. The molecule has 1 aliphatic heterocycles. The van der Waals surface area contributed by atoms with Crippen LogP contribution < -0.4 is 10.6 Å². The Bertz CT molecular complexity index is 1060. The summed E-state index contributed by atoms with van der Waals surface area (Å²) >= 11 is 0. The van der Waals surface area contributed by atoms with Crippen molar-refractivity contribution in [1.82, 2.24) is 10.3 Å². The van der Waals surface area contributed by atoms with E-state index in [0.717, 1.165) is 42.9 Å². The fourth-order valence-electron chi connectivity index (χ4n) is 4.56. The van der Waals surface area contributed by atoms with Gasteiger partial charge in [0.25, 0.3) is 0 Å². The van der Waals surface area contributed by atoms with Gasteiger partial charge in [0, 0.05) is 24.7 Å². The molecule has 33 heavy (non-hydrogen) atoms. The van der Waals surface area contributed by atoms with Crippen molar-refractivity contribution >= 4 is 11.7 Å². The average molecular weight is 444 g/mol. The molecule has 2 aromatic carbocycles. The summed E-state index contributed by atoms with van der Waals surface area (Å²) in [6, 6.07) is 23.3. The predicted molar refractivity (Wildman–Crippen MR) is 132 cm³/mol. The van der Waals surface area contributed by atoms with Gasteiger partial charge in [-0.15, -0.1) is 0 Å². The van der Waals surface area contributed by atoms with E-state index >= 15 is 0 Å². The Morgan fingerprint density at radius 2 is 1.82 bits per heavy atom. The van der Waals surface area contributed by atoms with Gasteiger partial charge in [-0.05, 0) is 68.5 Å². The highest BCUT2D eigenvalue weighted by Gasteiger charge is 2.28. The topological polar surface area (TPSA) is 74.2 Å². The van der Waals surface area contributed by atoms with Crippen LogP contribution in [-0.2, 0) is 24.1 Å². The van der Waals surface area contributed by atoms with Crippen molar-refractivity contribution in [2.24, 2.45) is 11.3 Å². The Kier molecular flexibility index (Phi) is 7.09. The standard InChI is InChI=1S/C28H33N3O2/c1-28(2,27(32)33)18-21-12-10-20(11-13-21)14-16-30-26(22-7-4-3-5-8-22)23-17-25-24(31-19-23)9-6-15-29-25/h3-13,15,23,26,30-31H,14,16-19H2,1-2H3,(H,32,33)/t23-,26-/m1/s1. The molecular formula is C28H33N3O2. The minimum atomic E-state index is -0.766. The molecule has 0 amide bonds. The van der Waals surface area contributed by atoms with Crippen molar-refractivity contribution in [1.29, 1.82) is 0 Å². The number of hydrogen-bond donors (Lipinski definition) is 3. The van der Waals surface area contributed by atoms with Crippen LogP contribution in [0.25, 0.3) is 0 Å². The molecule has 5 nitrogen and oxygen atoms in total. The van der Waals surface area contributed by atoms with Crippen molar-refractivity contribution in [2.75, 3.05) is 18.4 Å². The Balaban J connectivity index is 1.39. The summed E-state index contributed by atoms with van der Waals surface area (Å²) in [5.41, 5.74) is 5.13. The molecule has 172 valence electrons. The molecule has 0 aliphatic carbocycles. The number of aromatic nitrogens is 1. The van der Waals surface area contributed by atoms with Crippen LogP contribution in [0.15, 0.2) is 72.9 Å². The number of benzene rings is 2. The average Bonchev–Trinajstić information content (AvgIpc) is 2.83. The van der Waals surface area contributed by atoms with Gasteiger partial charge in [0.15, 0.2) is 0 Å². The number of carboxylic acid groups (broad SMARTS) is 1. The Morgan fingerprint density at radius 1 is 1.09 bits per heavy atom. The van der Waals surface area contributed by atoms with E-state index in [0.29, 0.717) is 12.3 Å². The highest BCUT2D eigenvalue weighted by Crippen LogP contribution is 2.31. The lowest BCUT2D eigenvalue weighted by Gasteiger charge is -2.33. The lowest BCUT2D eigenvalue weighted by atomic mass is 9.85. The van der Waals surface area contributed by atoms with E-state index in [1.807, 2.05) is 12.3 Å². The van der Waals surface area contributed by atoms with Gasteiger partial charge in [0.05, 0.1) is 16.8 Å². The number of nitrogens with one attached hydrogen (secondary N) is 2. The monoisotopic (exact) mass is 443 g/mol. The number of rotatable bonds is 9. The first-order chi connectivity index (χ1) is 15.9. The quantitative estimate of drug-likeness (QED) is 0.439. The van der Waals surface area contributed by atoms with Crippen molar-refractivity contribution in [3.05, 3.63) is 95.3 Å². The largest absolute Gasteiger partial charge is 0.481 e. The molecule has 0 fully saturated rings. The molecule has 0 unspecified atom stereocenters. The van der Waals surface area contributed by atoms with E-state index in [4.69, 9.17) is 0 Å². The minimum Gasteiger partial charge on any atom is -0.481 e. The summed E-state index contributed by atoms with van der Waals surface area (Å²) < 4.78 is 0. The van der Waals surface area contributed by atoms with Crippen LogP contribution in [0.5, 0.6) is 0 Å². The number of hydrogen-bond acceptors (Lipinski definition) is 4. The second-order valence-corrected chi connectivity index (χ2v) is 9.62. The number of aliphatic carboxylic acids is 1. The smallest absolute Gasteiger partial charge is 0.309 e. The minimum absolute atomic E-state index is 0.240. The van der Waals surface area contributed by atoms with E-state index in [9.17, 15) is 9.90 Å². The molecule has 0 saturated carbocycles. The van der Waals surface area contributed by atoms with Crippen LogP contribution in [-0.4, -0.2) is 29.1 Å². The van der Waals surface area contributed by atoms with Gasteiger partial charge in [-0.1, -0.05) is 54.6 Å². The van der Waals surface area contributed by atoms with Crippen molar-refractivity contribution in [3.63, 3.8) is 0 Å². The zero-order valence-corrected chi connectivity index (χ0v) is 19.4. The van der Waals surface area contributed by atoms with Gasteiger partial charge in [0.2, 0.25) is 0 Å². The second kappa shape index (κ2) is 10.2. The number of pyridine rings is 1. The second-order valence-electron chi connectivity index (χ2n) is 9.62. The maximum atomic E-state index is 11.4. The zero-order chi connectivity index (χ0) is 23.3. The Hall–Kier alpha value is -3.18. The Labute approximate surface area is 196 Å². The van der Waals surface area contributed by atoms with Gasteiger partial charge < -0.3 is 15.7 Å². The third kappa shape index (κ3) is 5.79. The summed E-state index contributed by atoms with van der Waals surface area (Å²) in [5.74, 6) is -0.354. The van der Waals surface area contributed by atoms with Gasteiger partial charge >= 0.3 is 5.97 Å². The van der Waals surface area contributed by atoms with Gasteiger partial charge in [0.1, 0.15) is 0 Å². The molecule has 3 aromatic rings. The number of anilines is 1. The molecule has 0 spiro atoms. The van der Waals surface area contributed by atoms with Crippen LogP contribution in [0.2, 0.25) is 0 Å². The lowest BCUT2D eigenvalue weighted by molar-refractivity contribution is -0.146. The van der Waals surface area contributed by atoms with Crippen LogP contribution in [0.1, 0.15) is 42.3 Å². The third-order valence-corrected chi connectivity index (χ3v) is 6.56. The normalized spacial score (nSPS) is 16.5. The van der Waals surface area contributed by atoms with Crippen molar-refractivity contribution < 1.29 is 9.90 Å². The molecule has 3 N–H and O–H groups in total. The number of fused-ring (bicyclic) bond motifs is 1. The van der Waals surface area contributed by atoms with Gasteiger partial charge in [-0.25, -0.2) is 0 Å². The molecule has 2 atom stereocenters. The van der Waals surface area contributed by atoms with E-state index in [1.165, 1.54) is 11.1 Å². The molecule has 5 heteroatoms. The Morgan fingerprint density at radius 3 is 2.55 bits per heavy atom.